The number of hydrogen-bond acceptors (Lipinski definition) is 2. The molecule has 160 valence electrons. The van der Waals surface area contributed by atoms with E-state index in [4.69, 9.17) is 47.0 Å². The van der Waals surface area contributed by atoms with E-state index in [1.165, 1.54) is 0 Å². The Morgan fingerprint density at radius 2 is 1.42 bits per heavy atom. The number of alkyl halides is 3. The van der Waals surface area contributed by atoms with Gasteiger partial charge >= 0.3 is 0 Å². The summed E-state index contributed by atoms with van der Waals surface area (Å²) in [5.74, 6) is -0.390. The maximum Gasteiger partial charge on any atom is 0.252 e. The first-order chi connectivity index (χ1) is 14.7. The number of benzene rings is 3. The minimum atomic E-state index is -1.83. The predicted octanol–water partition coefficient (Wildman–Crippen LogP) is 6.07. The molecule has 0 radical (unpaired) electrons. The van der Waals surface area contributed by atoms with Gasteiger partial charge in [0.05, 0.1) is 0 Å². The van der Waals surface area contributed by atoms with Crippen molar-refractivity contribution in [3.8, 4) is 11.1 Å². The zero-order chi connectivity index (χ0) is 22.4. The molecular formula is C23H20Cl3N3OS. The summed E-state index contributed by atoms with van der Waals surface area (Å²) < 4.78 is -1.83. The minimum Gasteiger partial charge on any atom is -0.339 e. The van der Waals surface area contributed by atoms with Crippen molar-refractivity contribution in [2.45, 2.75) is 16.9 Å². The number of rotatable bonds is 5. The summed E-state index contributed by atoms with van der Waals surface area (Å²) in [7, 11) is 0. The van der Waals surface area contributed by atoms with Crippen LogP contribution in [-0.2, 0) is 0 Å². The molecule has 31 heavy (non-hydrogen) atoms. The van der Waals surface area contributed by atoms with Gasteiger partial charge in [-0.25, -0.2) is 0 Å². The van der Waals surface area contributed by atoms with Crippen LogP contribution in [0.4, 0.5) is 5.69 Å². The number of halogens is 3. The number of hydrogen-bond donors (Lipinski definition) is 3. The lowest BCUT2D eigenvalue weighted by atomic mass is 10.1. The SMILES string of the molecule is Cc1ccc(C(=O)NC(NC(=S)Nc2ccc(-c3ccccc3)cc2)C(Cl)(Cl)Cl)cc1. The average Bonchev–Trinajstić information content (AvgIpc) is 2.74. The van der Waals surface area contributed by atoms with Crippen molar-refractivity contribution in [2.75, 3.05) is 5.32 Å². The Balaban J connectivity index is 1.64. The smallest absolute Gasteiger partial charge is 0.252 e. The van der Waals surface area contributed by atoms with Gasteiger partial charge in [-0.15, -0.1) is 0 Å². The summed E-state index contributed by atoms with van der Waals surface area (Å²) >= 11 is 23.5. The molecule has 3 aromatic rings. The fourth-order valence-electron chi connectivity index (χ4n) is 2.79. The third kappa shape index (κ3) is 6.84. The van der Waals surface area contributed by atoms with Gasteiger partial charge in [0.15, 0.2) is 5.11 Å². The van der Waals surface area contributed by atoms with Gasteiger partial charge in [-0.3, -0.25) is 4.79 Å². The molecule has 0 aliphatic rings. The molecule has 0 aliphatic carbocycles. The quantitative estimate of drug-likeness (QED) is 0.230. The topological polar surface area (TPSA) is 53.2 Å². The van der Waals surface area contributed by atoms with Gasteiger partial charge < -0.3 is 16.0 Å². The Labute approximate surface area is 201 Å². The third-order valence-corrected chi connectivity index (χ3v) is 5.32. The minimum absolute atomic E-state index is 0.202. The number of nitrogens with one attached hydrogen (secondary N) is 3. The lowest BCUT2D eigenvalue weighted by Crippen LogP contribution is -2.56. The van der Waals surface area contributed by atoms with Gasteiger partial charge in [-0.1, -0.05) is 95.0 Å². The van der Waals surface area contributed by atoms with E-state index in [0.717, 1.165) is 22.4 Å². The second kappa shape index (κ2) is 10.3. The van der Waals surface area contributed by atoms with Crippen LogP contribution >= 0.6 is 47.0 Å². The fraction of sp³-hybridized carbons (Fsp3) is 0.130. The average molecular weight is 493 g/mol. The fourth-order valence-corrected chi connectivity index (χ4v) is 3.36. The summed E-state index contributed by atoms with van der Waals surface area (Å²) in [4.78, 5) is 12.5. The van der Waals surface area contributed by atoms with Gasteiger partial charge in [0.1, 0.15) is 6.17 Å². The van der Waals surface area contributed by atoms with Gasteiger partial charge in [-0.05, 0) is 54.5 Å². The standard InChI is InChI=1S/C23H20Cl3N3OS/c1-15-7-9-18(10-8-15)20(30)28-21(23(24,25)26)29-22(31)27-19-13-11-17(12-14-19)16-5-3-2-4-6-16/h2-14,21H,1H3,(H,28,30)(H2,27,29,31). The molecule has 0 aliphatic heterocycles. The van der Waals surface area contributed by atoms with Crippen LogP contribution in [0.2, 0.25) is 0 Å². The van der Waals surface area contributed by atoms with Gasteiger partial charge in [0, 0.05) is 11.3 Å². The summed E-state index contributed by atoms with van der Waals surface area (Å²) in [6.07, 6.45) is -1.05. The van der Waals surface area contributed by atoms with E-state index in [1.807, 2.05) is 73.7 Å². The first kappa shape index (κ1) is 23.4. The Hall–Kier alpha value is -2.31. The summed E-state index contributed by atoms with van der Waals surface area (Å²) in [6, 6.07) is 24.8. The highest BCUT2D eigenvalue weighted by atomic mass is 35.6. The van der Waals surface area contributed by atoms with Gasteiger partial charge in [-0.2, -0.15) is 0 Å². The molecule has 0 bridgehead atoms. The van der Waals surface area contributed by atoms with Crippen LogP contribution in [0.15, 0.2) is 78.9 Å². The number of amides is 1. The molecular weight excluding hydrogens is 473 g/mol. The van der Waals surface area contributed by atoms with Crippen LogP contribution in [0.1, 0.15) is 15.9 Å². The zero-order valence-corrected chi connectivity index (χ0v) is 19.6. The first-order valence-corrected chi connectivity index (χ1v) is 10.9. The highest BCUT2D eigenvalue weighted by Crippen LogP contribution is 2.29. The van der Waals surface area contributed by atoms with Crippen LogP contribution in [0, 0.1) is 6.92 Å². The van der Waals surface area contributed by atoms with Crippen molar-refractivity contribution in [3.63, 3.8) is 0 Å². The zero-order valence-electron chi connectivity index (χ0n) is 16.5. The van der Waals surface area contributed by atoms with Crippen LogP contribution in [-0.4, -0.2) is 21.0 Å². The van der Waals surface area contributed by atoms with E-state index in [-0.39, 0.29) is 11.0 Å². The van der Waals surface area contributed by atoms with E-state index in [9.17, 15) is 4.79 Å². The van der Waals surface area contributed by atoms with E-state index in [1.54, 1.807) is 12.1 Å². The van der Waals surface area contributed by atoms with E-state index < -0.39 is 9.96 Å². The predicted molar refractivity (Wildman–Crippen MR) is 134 cm³/mol. The monoisotopic (exact) mass is 491 g/mol. The number of carbonyl (C=O) groups is 1. The maximum atomic E-state index is 12.5. The molecule has 1 amide bonds. The number of thiocarbonyl (C=S) groups is 1. The van der Waals surface area contributed by atoms with Crippen LogP contribution < -0.4 is 16.0 Å². The Morgan fingerprint density at radius 1 is 0.839 bits per heavy atom. The lowest BCUT2D eigenvalue weighted by Gasteiger charge is -2.27. The van der Waals surface area contributed by atoms with Crippen LogP contribution in [0.25, 0.3) is 11.1 Å². The van der Waals surface area contributed by atoms with Crippen molar-refractivity contribution < 1.29 is 4.79 Å². The molecule has 3 rings (SSSR count). The van der Waals surface area contributed by atoms with Crippen molar-refractivity contribution in [1.82, 2.24) is 10.6 Å². The lowest BCUT2D eigenvalue weighted by molar-refractivity contribution is 0.0934. The molecule has 1 unspecified atom stereocenters. The Kier molecular flexibility index (Phi) is 7.79. The highest BCUT2D eigenvalue weighted by Gasteiger charge is 2.34. The summed E-state index contributed by atoms with van der Waals surface area (Å²) in [5.41, 5.74) is 4.43. The van der Waals surface area contributed by atoms with Crippen molar-refractivity contribution in [1.29, 1.82) is 0 Å². The summed E-state index contributed by atoms with van der Waals surface area (Å²) in [6.45, 7) is 1.93. The van der Waals surface area contributed by atoms with Gasteiger partial charge in [0.2, 0.25) is 3.79 Å². The molecule has 4 nitrogen and oxygen atoms in total. The van der Waals surface area contributed by atoms with Crippen molar-refractivity contribution in [3.05, 3.63) is 90.0 Å². The molecule has 0 fully saturated rings. The first-order valence-electron chi connectivity index (χ1n) is 9.39. The highest BCUT2D eigenvalue weighted by molar-refractivity contribution is 7.80. The normalized spacial score (nSPS) is 12.0. The third-order valence-electron chi connectivity index (χ3n) is 4.44. The molecule has 0 aromatic heterocycles. The van der Waals surface area contributed by atoms with Crippen molar-refractivity contribution >= 4 is 63.7 Å². The summed E-state index contributed by atoms with van der Waals surface area (Å²) in [5, 5.41) is 8.76. The van der Waals surface area contributed by atoms with E-state index in [0.29, 0.717) is 5.56 Å². The molecule has 3 aromatic carbocycles. The molecule has 1 atom stereocenters. The second-order valence-corrected chi connectivity index (χ2v) is 9.63. The molecule has 0 heterocycles. The molecule has 8 heteroatoms. The van der Waals surface area contributed by atoms with E-state index in [2.05, 4.69) is 16.0 Å². The molecule has 0 saturated carbocycles. The van der Waals surface area contributed by atoms with Crippen LogP contribution in [0.3, 0.4) is 0 Å². The maximum absolute atomic E-state index is 12.5. The largest absolute Gasteiger partial charge is 0.339 e. The second-order valence-electron chi connectivity index (χ2n) is 6.86. The van der Waals surface area contributed by atoms with E-state index >= 15 is 0 Å². The van der Waals surface area contributed by atoms with Gasteiger partial charge in [0.25, 0.3) is 5.91 Å². The Bertz CT molecular complexity index is 1040. The number of anilines is 1. The number of carbonyl (C=O) groups excluding carboxylic acids is 1. The molecule has 0 saturated heterocycles. The molecule has 3 N–H and O–H groups in total. The molecule has 0 spiro atoms. The Morgan fingerprint density at radius 3 is 2.00 bits per heavy atom. The van der Waals surface area contributed by atoms with Crippen LogP contribution in [0.5, 0.6) is 0 Å². The number of aryl methyl sites for hydroxylation is 1. The van der Waals surface area contributed by atoms with Crippen molar-refractivity contribution in [2.24, 2.45) is 0 Å².